The molecule has 0 aliphatic heterocycles. The van der Waals surface area contributed by atoms with Gasteiger partial charge in [-0.15, -0.1) is 0 Å². The first-order valence-electron chi connectivity index (χ1n) is 9.50. The van der Waals surface area contributed by atoms with Gasteiger partial charge in [-0.3, -0.25) is 0 Å². The Morgan fingerprint density at radius 3 is 1.84 bits per heavy atom. The van der Waals surface area contributed by atoms with E-state index in [9.17, 15) is 0 Å². The lowest BCUT2D eigenvalue weighted by Crippen LogP contribution is -2.41. The third-order valence-corrected chi connectivity index (χ3v) is 14.7. The van der Waals surface area contributed by atoms with Crippen LogP contribution in [-0.2, 0) is 5.16 Å². The summed E-state index contributed by atoms with van der Waals surface area (Å²) in [4.78, 5) is 0. The summed E-state index contributed by atoms with van der Waals surface area (Å²) in [6.45, 7) is 26.6. The molecular formula is C22H38NPSi. The zero-order chi connectivity index (χ0) is 19.5. The van der Waals surface area contributed by atoms with Crippen molar-refractivity contribution in [2.75, 3.05) is 0 Å². The lowest BCUT2D eigenvalue weighted by molar-refractivity contribution is 0.649. The molecule has 0 saturated heterocycles. The van der Waals surface area contributed by atoms with Gasteiger partial charge in [-0.25, -0.2) is 0 Å². The Bertz CT molecular complexity index is 735. The van der Waals surface area contributed by atoms with E-state index >= 15 is 0 Å². The number of fused-ring (bicyclic) bond motifs is 1. The summed E-state index contributed by atoms with van der Waals surface area (Å²) < 4.78 is 5.88. The maximum absolute atomic E-state index is 5.88. The maximum atomic E-state index is 5.88. The van der Waals surface area contributed by atoms with Crippen LogP contribution in [0.2, 0.25) is 19.6 Å². The molecule has 0 bridgehead atoms. The van der Waals surface area contributed by atoms with Crippen LogP contribution in [0.15, 0.2) is 34.8 Å². The average molecular weight is 376 g/mol. The first kappa shape index (κ1) is 20.7. The van der Waals surface area contributed by atoms with E-state index in [1.165, 1.54) is 16.7 Å². The zero-order valence-corrected chi connectivity index (χ0v) is 20.2. The number of allylic oxidation sites excluding steroid dienone is 2. The third kappa shape index (κ3) is 3.14. The van der Waals surface area contributed by atoms with E-state index in [0.717, 1.165) is 0 Å². The number of hydrogen-bond acceptors (Lipinski definition) is 1. The highest BCUT2D eigenvalue weighted by atomic mass is 31.2. The molecule has 0 spiro atoms. The molecule has 0 N–H and O–H groups in total. The minimum atomic E-state index is -1.80. The first-order valence-corrected chi connectivity index (χ1v) is 14.7. The third-order valence-electron chi connectivity index (χ3n) is 5.46. The molecule has 1 unspecified atom stereocenters. The Hall–Kier alpha value is -0.593. The number of nitrogens with zero attached hydrogens (tertiary/aromatic N) is 1. The Morgan fingerprint density at radius 2 is 1.40 bits per heavy atom. The van der Waals surface area contributed by atoms with Crippen LogP contribution in [0.1, 0.15) is 66.5 Å². The van der Waals surface area contributed by atoms with Crippen LogP contribution in [0.3, 0.4) is 0 Å². The summed E-state index contributed by atoms with van der Waals surface area (Å²) in [7, 11) is -3.43. The number of hydrogen-bond donors (Lipinski definition) is 0. The summed E-state index contributed by atoms with van der Waals surface area (Å²) in [5.74, 6) is 0. The smallest absolute Gasteiger partial charge is 0.170 e. The van der Waals surface area contributed by atoms with Crippen molar-refractivity contribution < 1.29 is 0 Å². The largest absolute Gasteiger partial charge is 0.336 e. The highest BCUT2D eigenvalue weighted by molar-refractivity contribution is 7.71. The standard InChI is InChI=1S/C22H38NPSi/c1-17-16-22(8,19-15-13-12-14-18(17)19)24(20(2,3)4,21(5,6)7)23-25(9,10)11/h12-16H,1-11H3. The Kier molecular flexibility index (Phi) is 4.94. The molecule has 1 aromatic carbocycles. The highest BCUT2D eigenvalue weighted by Gasteiger charge is 2.57. The summed E-state index contributed by atoms with van der Waals surface area (Å²) >= 11 is 0. The van der Waals surface area contributed by atoms with E-state index in [-0.39, 0.29) is 15.5 Å². The summed E-state index contributed by atoms with van der Waals surface area (Å²) in [6.07, 6.45) is 2.56. The SMILES string of the molecule is CC1=CC(C)(P(=N[Si](C)(C)C)(C(C)(C)C)C(C)(C)C)c2ccccc21. The van der Waals surface area contributed by atoms with E-state index < -0.39 is 15.3 Å². The van der Waals surface area contributed by atoms with E-state index in [2.05, 4.69) is 105 Å². The van der Waals surface area contributed by atoms with Gasteiger partial charge in [0.25, 0.3) is 0 Å². The first-order chi connectivity index (χ1) is 11.1. The van der Waals surface area contributed by atoms with Gasteiger partial charge < -0.3 is 4.41 Å². The average Bonchev–Trinajstić information content (AvgIpc) is 2.66. The molecule has 0 fully saturated rings. The van der Waals surface area contributed by atoms with Crippen molar-refractivity contribution in [3.63, 3.8) is 0 Å². The minimum absolute atomic E-state index is 0.00442. The second-order valence-electron chi connectivity index (χ2n) is 10.8. The van der Waals surface area contributed by atoms with Crippen molar-refractivity contribution in [2.24, 2.45) is 4.41 Å². The summed E-state index contributed by atoms with van der Waals surface area (Å²) in [5, 5.41) is 0.299. The Morgan fingerprint density at radius 1 is 0.920 bits per heavy atom. The van der Waals surface area contributed by atoms with Crippen LogP contribution in [-0.4, -0.2) is 18.5 Å². The molecular weight excluding hydrogens is 337 g/mol. The van der Waals surface area contributed by atoms with Crippen molar-refractivity contribution in [3.8, 4) is 0 Å². The molecule has 140 valence electrons. The van der Waals surface area contributed by atoms with E-state index in [1.54, 1.807) is 0 Å². The van der Waals surface area contributed by atoms with Crippen LogP contribution in [0.5, 0.6) is 0 Å². The molecule has 1 aliphatic carbocycles. The molecule has 1 aromatic rings. The predicted molar refractivity (Wildman–Crippen MR) is 120 cm³/mol. The number of benzene rings is 1. The number of rotatable bonds is 2. The van der Waals surface area contributed by atoms with Gasteiger partial charge >= 0.3 is 0 Å². The van der Waals surface area contributed by atoms with Gasteiger partial charge in [-0.05, 0) is 47.9 Å². The van der Waals surface area contributed by atoms with Crippen LogP contribution in [0.25, 0.3) is 5.57 Å². The second kappa shape index (κ2) is 5.96. The van der Waals surface area contributed by atoms with E-state index in [4.69, 9.17) is 4.41 Å². The zero-order valence-electron chi connectivity index (χ0n) is 18.3. The molecule has 0 radical (unpaired) electrons. The molecule has 1 atom stereocenters. The van der Waals surface area contributed by atoms with Crippen molar-refractivity contribution in [3.05, 3.63) is 41.5 Å². The lowest BCUT2D eigenvalue weighted by atomic mass is 10.0. The van der Waals surface area contributed by atoms with Gasteiger partial charge in [0, 0.05) is 5.16 Å². The quantitative estimate of drug-likeness (QED) is 0.367. The molecule has 25 heavy (non-hydrogen) atoms. The fourth-order valence-corrected chi connectivity index (χ4v) is 17.9. The van der Waals surface area contributed by atoms with Gasteiger partial charge in [0.2, 0.25) is 0 Å². The molecule has 1 nitrogen and oxygen atoms in total. The normalized spacial score (nSPS) is 21.8. The summed E-state index contributed by atoms with van der Waals surface area (Å²) in [5.41, 5.74) is 4.34. The van der Waals surface area contributed by atoms with Crippen LogP contribution < -0.4 is 0 Å². The molecule has 2 rings (SSSR count). The highest BCUT2D eigenvalue weighted by Crippen LogP contribution is 2.82. The van der Waals surface area contributed by atoms with Gasteiger partial charge in [-0.1, -0.05) is 91.5 Å². The Labute approximate surface area is 157 Å². The van der Waals surface area contributed by atoms with Gasteiger partial charge in [0.15, 0.2) is 8.24 Å². The molecule has 1 aliphatic rings. The topological polar surface area (TPSA) is 12.4 Å². The maximum Gasteiger partial charge on any atom is 0.170 e. The van der Waals surface area contributed by atoms with E-state index in [0.29, 0.717) is 0 Å². The van der Waals surface area contributed by atoms with Crippen molar-refractivity contribution in [1.29, 1.82) is 0 Å². The van der Waals surface area contributed by atoms with Crippen molar-refractivity contribution >= 4 is 20.9 Å². The van der Waals surface area contributed by atoms with Gasteiger partial charge in [-0.2, -0.15) is 0 Å². The van der Waals surface area contributed by atoms with Gasteiger partial charge in [0.05, 0.1) is 0 Å². The fraction of sp³-hybridized carbons (Fsp3) is 0.636. The molecule has 0 amide bonds. The predicted octanol–water partition coefficient (Wildman–Crippen LogP) is 7.95. The van der Waals surface area contributed by atoms with Crippen molar-refractivity contribution in [1.82, 2.24) is 0 Å². The Balaban J connectivity index is 3.05. The molecule has 0 heterocycles. The molecule has 0 saturated carbocycles. The summed E-state index contributed by atoms with van der Waals surface area (Å²) in [6, 6.07) is 9.03. The van der Waals surface area contributed by atoms with Crippen molar-refractivity contribution in [2.45, 2.75) is 90.5 Å². The van der Waals surface area contributed by atoms with Crippen LogP contribution >= 0.6 is 7.05 Å². The van der Waals surface area contributed by atoms with E-state index in [1.807, 2.05) is 0 Å². The monoisotopic (exact) mass is 375 g/mol. The second-order valence-corrected chi connectivity index (χ2v) is 20.8. The minimum Gasteiger partial charge on any atom is -0.336 e. The van der Waals surface area contributed by atoms with Crippen LogP contribution in [0, 0.1) is 0 Å². The fourth-order valence-electron chi connectivity index (χ4n) is 5.37. The van der Waals surface area contributed by atoms with Gasteiger partial charge in [0.1, 0.15) is 0 Å². The van der Waals surface area contributed by atoms with Crippen LogP contribution in [0.4, 0.5) is 0 Å². The molecule has 0 aromatic heterocycles. The molecule has 3 heteroatoms. The lowest BCUT2D eigenvalue weighted by Gasteiger charge is -2.56.